The zero-order chi connectivity index (χ0) is 20.8. The summed E-state index contributed by atoms with van der Waals surface area (Å²) in [5.74, 6) is -0.330. The number of aromatic nitrogens is 2. The second-order valence-electron chi connectivity index (χ2n) is 6.74. The van der Waals surface area contributed by atoms with E-state index in [1.807, 2.05) is 0 Å². The van der Waals surface area contributed by atoms with E-state index >= 15 is 0 Å². The molecule has 6 nitrogen and oxygen atoms in total. The van der Waals surface area contributed by atoms with Crippen LogP contribution in [0.15, 0.2) is 35.8 Å². The van der Waals surface area contributed by atoms with Gasteiger partial charge in [0.2, 0.25) is 5.91 Å². The topological polar surface area (TPSA) is 57.9 Å². The lowest BCUT2D eigenvalue weighted by molar-refractivity contribution is -0.137. The van der Waals surface area contributed by atoms with E-state index in [0.717, 1.165) is 12.1 Å². The lowest BCUT2D eigenvalue weighted by Gasteiger charge is -2.34. The lowest BCUT2D eigenvalue weighted by Crippen LogP contribution is -2.50. The summed E-state index contributed by atoms with van der Waals surface area (Å²) < 4.78 is 40.4. The molecule has 1 aromatic carbocycles. The molecule has 0 aliphatic carbocycles. The minimum absolute atomic E-state index is 0.0370. The van der Waals surface area contributed by atoms with Crippen molar-refractivity contribution in [1.82, 2.24) is 19.2 Å². The Kier molecular flexibility index (Phi) is 4.81. The van der Waals surface area contributed by atoms with Gasteiger partial charge in [-0.1, -0.05) is 12.1 Å². The van der Waals surface area contributed by atoms with Crippen LogP contribution in [0.2, 0.25) is 0 Å². The lowest BCUT2D eigenvalue weighted by atomic mass is 10.1. The number of rotatable bonds is 2. The number of nitrogens with zero attached hydrogens (tertiary/aromatic N) is 4. The molecule has 1 aliphatic rings. The summed E-state index contributed by atoms with van der Waals surface area (Å²) >= 11 is 1.34. The van der Waals surface area contributed by atoms with Crippen LogP contribution < -0.4 is 0 Å². The number of carbonyl (C=O) groups excluding carboxylic acids is 2. The second-order valence-corrected chi connectivity index (χ2v) is 7.61. The van der Waals surface area contributed by atoms with Crippen LogP contribution in [-0.2, 0) is 11.0 Å². The van der Waals surface area contributed by atoms with Gasteiger partial charge in [-0.25, -0.2) is 4.98 Å². The fraction of sp³-hybridized carbons (Fsp3) is 0.316. The summed E-state index contributed by atoms with van der Waals surface area (Å²) in [5.41, 5.74) is 0.400. The molecule has 152 valence electrons. The number of fused-ring (bicyclic) bond motifs is 1. The number of carbonyl (C=O) groups is 2. The number of amides is 2. The van der Waals surface area contributed by atoms with Crippen LogP contribution in [0.3, 0.4) is 0 Å². The molecule has 1 aliphatic heterocycles. The number of benzene rings is 1. The predicted molar refractivity (Wildman–Crippen MR) is 102 cm³/mol. The number of halogens is 3. The zero-order valence-electron chi connectivity index (χ0n) is 15.4. The normalized spacial score (nSPS) is 15.2. The van der Waals surface area contributed by atoms with Crippen molar-refractivity contribution in [2.24, 2.45) is 0 Å². The molecule has 0 saturated carbocycles. The highest BCUT2D eigenvalue weighted by Crippen LogP contribution is 2.33. The van der Waals surface area contributed by atoms with E-state index in [0.29, 0.717) is 42.4 Å². The van der Waals surface area contributed by atoms with Crippen molar-refractivity contribution in [3.63, 3.8) is 0 Å². The van der Waals surface area contributed by atoms with E-state index < -0.39 is 11.7 Å². The highest BCUT2D eigenvalue weighted by molar-refractivity contribution is 7.15. The summed E-state index contributed by atoms with van der Waals surface area (Å²) in [5, 5.41) is 1.80. The number of hydrogen-bond donors (Lipinski definition) is 0. The highest BCUT2D eigenvalue weighted by Gasteiger charge is 2.31. The van der Waals surface area contributed by atoms with Crippen LogP contribution in [0.1, 0.15) is 23.0 Å². The maximum absolute atomic E-state index is 13.1. The Bertz CT molecular complexity index is 1060. The van der Waals surface area contributed by atoms with E-state index in [9.17, 15) is 22.8 Å². The van der Waals surface area contributed by atoms with Gasteiger partial charge < -0.3 is 9.80 Å². The fourth-order valence-corrected chi connectivity index (χ4v) is 4.12. The molecule has 4 rings (SSSR count). The second kappa shape index (κ2) is 7.18. The van der Waals surface area contributed by atoms with Gasteiger partial charge in [0.05, 0.1) is 11.3 Å². The van der Waals surface area contributed by atoms with Gasteiger partial charge in [0.25, 0.3) is 5.91 Å². The molecule has 0 atom stereocenters. The molecule has 3 heterocycles. The largest absolute Gasteiger partial charge is 0.416 e. The first-order valence-electron chi connectivity index (χ1n) is 8.93. The van der Waals surface area contributed by atoms with Crippen LogP contribution >= 0.6 is 11.3 Å². The van der Waals surface area contributed by atoms with Gasteiger partial charge in [-0.3, -0.25) is 14.0 Å². The van der Waals surface area contributed by atoms with Gasteiger partial charge in [0.1, 0.15) is 0 Å². The summed E-state index contributed by atoms with van der Waals surface area (Å²) in [6, 6.07) is 4.71. The van der Waals surface area contributed by atoms with E-state index in [1.165, 1.54) is 30.4 Å². The van der Waals surface area contributed by atoms with Crippen molar-refractivity contribution >= 4 is 28.1 Å². The van der Waals surface area contributed by atoms with Crippen molar-refractivity contribution < 1.29 is 22.8 Å². The number of thiazole rings is 1. The van der Waals surface area contributed by atoms with Crippen LogP contribution in [0, 0.1) is 0 Å². The Morgan fingerprint density at radius 3 is 2.24 bits per heavy atom. The minimum atomic E-state index is -4.43. The van der Waals surface area contributed by atoms with Crippen molar-refractivity contribution in [3.8, 4) is 11.3 Å². The quantitative estimate of drug-likeness (QED) is 0.636. The number of imidazole rings is 1. The number of alkyl halides is 3. The standard InChI is InChI=1S/C19H17F3N4O2S/c1-12(27)24-6-8-25(9-7-24)17(28)15-16(26-10-11-29-18(26)23-15)13-2-4-14(5-3-13)19(20,21)22/h2-5,10-11H,6-9H2,1H3. The van der Waals surface area contributed by atoms with Crippen LogP contribution in [-0.4, -0.2) is 57.2 Å². The SMILES string of the molecule is CC(=O)N1CCN(C(=O)c2nc3sccn3c2-c2ccc(C(F)(F)F)cc2)CC1. The molecule has 0 N–H and O–H groups in total. The first-order chi connectivity index (χ1) is 13.8. The van der Waals surface area contributed by atoms with Crippen LogP contribution in [0.25, 0.3) is 16.2 Å². The van der Waals surface area contributed by atoms with Crippen molar-refractivity contribution in [3.05, 3.63) is 47.1 Å². The molecule has 29 heavy (non-hydrogen) atoms. The Morgan fingerprint density at radius 2 is 1.66 bits per heavy atom. The van der Waals surface area contributed by atoms with E-state index in [4.69, 9.17) is 0 Å². The van der Waals surface area contributed by atoms with Crippen molar-refractivity contribution in [2.75, 3.05) is 26.2 Å². The van der Waals surface area contributed by atoms with Gasteiger partial charge in [-0.05, 0) is 12.1 Å². The third kappa shape index (κ3) is 3.59. The first kappa shape index (κ1) is 19.4. The molecule has 2 aromatic heterocycles. The summed E-state index contributed by atoms with van der Waals surface area (Å²) in [4.78, 5) is 33.0. The minimum Gasteiger partial charge on any atom is -0.339 e. The predicted octanol–water partition coefficient (Wildman–Crippen LogP) is 3.39. The molecular formula is C19H17F3N4O2S. The average Bonchev–Trinajstić information content (AvgIpc) is 3.28. The van der Waals surface area contributed by atoms with Crippen molar-refractivity contribution in [1.29, 1.82) is 0 Å². The molecular weight excluding hydrogens is 405 g/mol. The Balaban J connectivity index is 1.69. The molecule has 10 heteroatoms. The summed E-state index contributed by atoms with van der Waals surface area (Å²) in [6.45, 7) is 3.15. The fourth-order valence-electron chi connectivity index (χ4n) is 3.40. The molecule has 0 bridgehead atoms. The van der Waals surface area contributed by atoms with Gasteiger partial charge in [-0.2, -0.15) is 13.2 Å². The summed E-state index contributed by atoms with van der Waals surface area (Å²) in [7, 11) is 0. The number of piperazine rings is 1. The van der Waals surface area contributed by atoms with Gasteiger partial charge in [-0.15, -0.1) is 11.3 Å². The van der Waals surface area contributed by atoms with Gasteiger partial charge in [0.15, 0.2) is 10.7 Å². The van der Waals surface area contributed by atoms with Crippen LogP contribution in [0.5, 0.6) is 0 Å². The third-order valence-corrected chi connectivity index (χ3v) is 5.72. The molecule has 1 fully saturated rings. The maximum atomic E-state index is 13.1. The van der Waals surface area contributed by atoms with E-state index in [-0.39, 0.29) is 17.5 Å². The Labute approximate surface area is 168 Å². The monoisotopic (exact) mass is 422 g/mol. The number of hydrogen-bond acceptors (Lipinski definition) is 4. The molecule has 1 saturated heterocycles. The molecule has 0 unspecified atom stereocenters. The Morgan fingerprint density at radius 1 is 1.03 bits per heavy atom. The molecule has 0 spiro atoms. The molecule has 2 amide bonds. The van der Waals surface area contributed by atoms with Crippen LogP contribution in [0.4, 0.5) is 13.2 Å². The first-order valence-corrected chi connectivity index (χ1v) is 9.81. The molecule has 3 aromatic rings. The smallest absolute Gasteiger partial charge is 0.339 e. The highest BCUT2D eigenvalue weighted by atomic mass is 32.1. The maximum Gasteiger partial charge on any atom is 0.416 e. The van der Waals surface area contributed by atoms with Crippen molar-refractivity contribution in [2.45, 2.75) is 13.1 Å². The Hall–Kier alpha value is -2.88. The van der Waals surface area contributed by atoms with E-state index in [2.05, 4.69) is 4.98 Å². The third-order valence-electron chi connectivity index (χ3n) is 4.96. The molecule has 0 radical (unpaired) electrons. The van der Waals surface area contributed by atoms with E-state index in [1.54, 1.807) is 25.8 Å². The average molecular weight is 422 g/mol. The van der Waals surface area contributed by atoms with Gasteiger partial charge in [0, 0.05) is 50.2 Å². The zero-order valence-corrected chi connectivity index (χ0v) is 16.3. The van der Waals surface area contributed by atoms with Gasteiger partial charge >= 0.3 is 6.18 Å². The summed E-state index contributed by atoms with van der Waals surface area (Å²) in [6.07, 6.45) is -2.69.